The van der Waals surface area contributed by atoms with Gasteiger partial charge in [-0.3, -0.25) is 4.79 Å². The molecule has 3 unspecified atom stereocenters. The van der Waals surface area contributed by atoms with Crippen molar-refractivity contribution in [2.24, 2.45) is 0 Å². The van der Waals surface area contributed by atoms with E-state index < -0.39 is 5.97 Å². The first-order valence-corrected chi connectivity index (χ1v) is 38.7. The first kappa shape index (κ1) is 82.6. The lowest BCUT2D eigenvalue weighted by Crippen LogP contribution is -2.31. The number of anilines is 4. The number of carbonyl (C=O) groups excluding carboxylic acids is 1. The largest absolute Gasteiger partial charge is 0.480 e. The van der Waals surface area contributed by atoms with Crippen molar-refractivity contribution in [1.29, 1.82) is 26.3 Å². The van der Waals surface area contributed by atoms with Gasteiger partial charge >= 0.3 is 5.97 Å². The summed E-state index contributed by atoms with van der Waals surface area (Å²) in [6.45, 7) is 8.07. The smallest absolute Gasteiger partial charge is 0.320 e. The van der Waals surface area contributed by atoms with Gasteiger partial charge in [-0.25, -0.2) is 24.9 Å². The molecule has 9 N–H and O–H groups in total. The van der Waals surface area contributed by atoms with Crippen LogP contribution >= 0.6 is 15.9 Å². The molecule has 0 saturated carbocycles. The number of aldehydes is 1. The molecule has 10 aromatic rings. The summed E-state index contributed by atoms with van der Waals surface area (Å²) in [5, 5.41) is 117. The van der Waals surface area contributed by atoms with E-state index in [1.165, 1.54) is 12.8 Å². The number of aliphatic hydroxyl groups is 5. The number of aromatic nitrogens is 5. The predicted octanol–water partition coefficient (Wildman–Crippen LogP) is 10.6. The molecule has 5 aromatic carbocycles. The molecule has 7 atom stereocenters. The molecule has 0 aliphatic carbocycles. The van der Waals surface area contributed by atoms with E-state index in [4.69, 9.17) is 41.6 Å². The summed E-state index contributed by atoms with van der Waals surface area (Å²) >= 11 is 3.38. The van der Waals surface area contributed by atoms with Crippen LogP contribution in [0.2, 0.25) is 0 Å². The number of carboxylic acid groups (broad SMARTS) is 1. The fourth-order valence-electron chi connectivity index (χ4n) is 15.0. The molecule has 17 rings (SSSR count). The fourth-order valence-corrected chi connectivity index (χ4v) is 15.4. The van der Waals surface area contributed by atoms with Gasteiger partial charge in [-0.1, -0.05) is 22.0 Å². The average molecular weight is 1560 g/mol. The van der Waals surface area contributed by atoms with E-state index in [9.17, 15) is 24.9 Å². The van der Waals surface area contributed by atoms with Crippen LogP contribution in [0.5, 0.6) is 0 Å². The number of pyridine rings is 5. The number of nitriles is 5. The topological polar surface area (TPSA) is 388 Å². The van der Waals surface area contributed by atoms with E-state index in [1.54, 1.807) is 31.0 Å². The molecule has 12 heterocycles. The van der Waals surface area contributed by atoms with E-state index in [0.29, 0.717) is 53.8 Å². The zero-order valence-electron chi connectivity index (χ0n) is 62.1. The van der Waals surface area contributed by atoms with Gasteiger partial charge in [-0.15, -0.1) is 0 Å². The van der Waals surface area contributed by atoms with Crippen molar-refractivity contribution in [1.82, 2.24) is 40.9 Å². The molecule has 111 heavy (non-hydrogen) atoms. The summed E-state index contributed by atoms with van der Waals surface area (Å²) in [4.78, 5) is 50.3. The number of fused-ring (bicyclic) bond motifs is 5. The molecule has 574 valence electrons. The first-order chi connectivity index (χ1) is 54.3. The third-order valence-corrected chi connectivity index (χ3v) is 21.4. The summed E-state index contributed by atoms with van der Waals surface area (Å²) in [7, 11) is 0. The molecule has 0 bridgehead atoms. The van der Waals surface area contributed by atoms with Crippen LogP contribution in [0, 0.1) is 56.7 Å². The van der Waals surface area contributed by atoms with Crippen molar-refractivity contribution in [3.8, 4) is 30.3 Å². The van der Waals surface area contributed by atoms with Crippen LogP contribution in [0.1, 0.15) is 118 Å². The minimum atomic E-state index is -0.720. The maximum Gasteiger partial charge on any atom is 0.320 e. The van der Waals surface area contributed by atoms with Crippen LogP contribution in [0.3, 0.4) is 0 Å². The van der Waals surface area contributed by atoms with Gasteiger partial charge < -0.3 is 71.0 Å². The van der Waals surface area contributed by atoms with Gasteiger partial charge in [0, 0.05) is 123 Å². The minimum Gasteiger partial charge on any atom is -0.480 e. The summed E-state index contributed by atoms with van der Waals surface area (Å²) in [5.41, 5.74) is 6.68. The quantitative estimate of drug-likeness (QED) is 0.0543. The second kappa shape index (κ2) is 42.3. The SMILES string of the molecule is N#Cc1nccc2cc(Br)ccc12.N#Cc1nccc2cc(N3CCC[C@@H]3C=O)ccc12.N#Cc1nccc2cc(N3CCC[C@@H]3CO)ccc12.N#Cc1nccc2cc(N3CCC[C@@H]3CO)ccc12.N#Cc1nccc2cc(N3CCC[C@H]3CO)ccc12.O=C(O)C1CCCN1.OCC1CCCN1.OCC1CCCN1. The number of carboxylic acids is 1. The maximum atomic E-state index is 11.1. The molecular formula is C85H94BrN17O8. The number of halogens is 1. The van der Waals surface area contributed by atoms with E-state index in [0.717, 1.165) is 210 Å². The van der Waals surface area contributed by atoms with Gasteiger partial charge in [0.05, 0.1) is 57.2 Å². The van der Waals surface area contributed by atoms with Gasteiger partial charge in [0.1, 0.15) is 71.1 Å². The van der Waals surface area contributed by atoms with Crippen LogP contribution < -0.4 is 35.6 Å². The highest BCUT2D eigenvalue weighted by Gasteiger charge is 2.28. The van der Waals surface area contributed by atoms with Gasteiger partial charge in [0.2, 0.25) is 0 Å². The maximum absolute atomic E-state index is 11.1. The molecule has 7 aliphatic heterocycles. The Morgan fingerprint density at radius 2 is 0.703 bits per heavy atom. The number of hydrogen-bond acceptors (Lipinski definition) is 24. The predicted molar refractivity (Wildman–Crippen MR) is 434 cm³/mol. The molecule has 7 saturated heterocycles. The summed E-state index contributed by atoms with van der Waals surface area (Å²) in [5.74, 6) is -0.720. The third-order valence-electron chi connectivity index (χ3n) is 20.9. The molecule has 26 heteroatoms. The van der Waals surface area contributed by atoms with Crippen molar-refractivity contribution in [2.75, 3.05) is 98.4 Å². The van der Waals surface area contributed by atoms with E-state index in [-0.39, 0.29) is 50.0 Å². The summed E-state index contributed by atoms with van der Waals surface area (Å²) in [6.07, 6.45) is 24.3. The number of nitrogens with one attached hydrogen (secondary N) is 3. The number of aliphatic carboxylic acids is 1. The van der Waals surface area contributed by atoms with Crippen molar-refractivity contribution < 1.29 is 40.2 Å². The lowest BCUT2D eigenvalue weighted by molar-refractivity contribution is -0.139. The minimum absolute atomic E-state index is 0.0188. The molecule has 0 spiro atoms. The monoisotopic (exact) mass is 1560 g/mol. The zero-order valence-corrected chi connectivity index (χ0v) is 63.7. The van der Waals surface area contributed by atoms with E-state index in [2.05, 4.69) is 125 Å². The Morgan fingerprint density at radius 3 is 0.973 bits per heavy atom. The van der Waals surface area contributed by atoms with Crippen molar-refractivity contribution in [3.05, 3.63) is 185 Å². The van der Waals surface area contributed by atoms with Crippen LogP contribution in [0.15, 0.2) is 157 Å². The number of hydrogen-bond donors (Lipinski definition) is 9. The van der Waals surface area contributed by atoms with Crippen molar-refractivity contribution in [2.45, 2.75) is 132 Å². The Morgan fingerprint density at radius 1 is 0.396 bits per heavy atom. The number of aliphatic hydroxyl groups excluding tert-OH is 5. The third kappa shape index (κ3) is 21.8. The Bertz CT molecular complexity index is 4700. The standard InChI is InChI=1S/3C15H15N3O.C15H13N3O.C10H5BrN2.C5H9NO2.2C5H11NO/c4*16-9-15-14-4-3-12(8-11(14)5-6-17-15)18-7-1-2-13(18)10-19;11-8-1-2-9-7(5-8)3-4-13-10(9)6-12;7-5(8)4-2-1-3-6-4;2*7-4-5-2-1-3-6-5/h3*3-6,8,13,19H,1-2,7,10H2;3-6,8,10,13H,1-2,7H2;1-5H;4,6H,1-3H2,(H,7,8);2*5-7H,1-4H2/t4*13-;;;;/m1101..../s1. The molecular weight excluding hydrogens is 1470 g/mol. The van der Waals surface area contributed by atoms with Crippen molar-refractivity contribution >= 4 is 105 Å². The highest BCUT2D eigenvalue weighted by atomic mass is 79.9. The lowest BCUT2D eigenvalue weighted by atomic mass is 10.1. The Hall–Kier alpha value is -10.9. The molecule has 0 radical (unpaired) electrons. The molecule has 0 amide bonds. The van der Waals surface area contributed by atoms with Gasteiger partial charge in [-0.2, -0.15) is 26.3 Å². The Labute approximate surface area is 654 Å². The second-order valence-electron chi connectivity index (χ2n) is 27.8. The first-order valence-electron chi connectivity index (χ1n) is 37.9. The lowest BCUT2D eigenvalue weighted by Gasteiger charge is -2.25. The van der Waals surface area contributed by atoms with Gasteiger partial charge in [0.25, 0.3) is 0 Å². The highest BCUT2D eigenvalue weighted by molar-refractivity contribution is 9.10. The van der Waals surface area contributed by atoms with Gasteiger partial charge in [0.15, 0.2) is 0 Å². The van der Waals surface area contributed by atoms with Crippen LogP contribution in [0.4, 0.5) is 22.7 Å². The van der Waals surface area contributed by atoms with Crippen LogP contribution in [-0.4, -0.2) is 189 Å². The Balaban J connectivity index is 0.000000138. The number of rotatable bonds is 11. The van der Waals surface area contributed by atoms with Crippen molar-refractivity contribution in [3.63, 3.8) is 0 Å². The fraction of sp³-hybridized carbons (Fsp3) is 0.388. The number of benzene rings is 5. The second-order valence-corrected chi connectivity index (χ2v) is 28.8. The average Bonchev–Trinajstić information content (AvgIpc) is 1.79. The van der Waals surface area contributed by atoms with Crippen LogP contribution in [-0.2, 0) is 9.59 Å². The number of nitrogens with zero attached hydrogens (tertiary/aromatic N) is 14. The highest BCUT2D eigenvalue weighted by Crippen LogP contribution is 2.34. The summed E-state index contributed by atoms with van der Waals surface area (Å²) < 4.78 is 1.01. The number of carbonyl (C=O) groups is 2. The van der Waals surface area contributed by atoms with E-state index >= 15 is 0 Å². The summed E-state index contributed by atoms with van der Waals surface area (Å²) in [6, 6.07) is 51.0. The molecule has 25 nitrogen and oxygen atoms in total. The molecule has 5 aromatic heterocycles. The normalized spacial score (nSPS) is 19.9. The van der Waals surface area contributed by atoms with E-state index in [1.807, 2.05) is 103 Å². The molecule has 7 fully saturated rings. The zero-order chi connectivity index (χ0) is 78.4. The van der Waals surface area contributed by atoms with Gasteiger partial charge in [-0.05, 0) is 252 Å². The molecule has 7 aliphatic rings. The Kier molecular flexibility index (Phi) is 31.5. The van der Waals surface area contributed by atoms with Crippen LogP contribution in [0.25, 0.3) is 53.9 Å².